The van der Waals surface area contributed by atoms with Crippen molar-refractivity contribution in [3.63, 3.8) is 0 Å². The van der Waals surface area contributed by atoms with Crippen molar-refractivity contribution in [2.75, 3.05) is 12.3 Å². The van der Waals surface area contributed by atoms with Gasteiger partial charge in [-0.3, -0.25) is 14.3 Å². The lowest BCUT2D eigenvalue weighted by atomic mass is 10.0. The fourth-order valence-electron chi connectivity index (χ4n) is 3.59. The van der Waals surface area contributed by atoms with E-state index in [1.54, 1.807) is 10.8 Å². The number of thioether (sulfide) groups is 1. The molecule has 140 valence electrons. The summed E-state index contributed by atoms with van der Waals surface area (Å²) in [6.07, 6.45) is 6.62. The molecule has 0 spiro atoms. The van der Waals surface area contributed by atoms with Crippen LogP contribution in [-0.4, -0.2) is 27.9 Å². The molecule has 0 bridgehead atoms. The van der Waals surface area contributed by atoms with Gasteiger partial charge in [0.25, 0.3) is 5.56 Å². The van der Waals surface area contributed by atoms with E-state index in [9.17, 15) is 9.59 Å². The predicted molar refractivity (Wildman–Crippen MR) is 107 cm³/mol. The summed E-state index contributed by atoms with van der Waals surface area (Å²) in [6.45, 7) is 5.82. The first-order chi connectivity index (χ1) is 12.5. The van der Waals surface area contributed by atoms with Crippen LogP contribution in [-0.2, 0) is 6.54 Å². The highest BCUT2D eigenvalue weighted by Gasteiger charge is 2.14. The number of H-pyrrole nitrogens is 1. The molecule has 0 amide bonds. The van der Waals surface area contributed by atoms with Gasteiger partial charge in [0.05, 0.1) is 6.54 Å². The maximum atomic E-state index is 12.0. The standard InChI is InChI=1S/C20H27N3O2S/c1-14-11-15(2)19(26-10-7-17-5-3-4-8-21-17)16(12-14)13-23-9-6-18(24)22-20(23)25/h6,9,11-12,17,21H,3-5,7-8,10,13H2,1-2H3,(H,22,24,25). The van der Waals surface area contributed by atoms with Gasteiger partial charge in [0, 0.05) is 23.2 Å². The Morgan fingerprint density at radius 1 is 1.23 bits per heavy atom. The van der Waals surface area contributed by atoms with Crippen molar-refractivity contribution in [3.05, 3.63) is 61.9 Å². The molecule has 0 radical (unpaired) electrons. The SMILES string of the molecule is Cc1cc(C)c(SCCC2CCCCN2)c(Cn2ccc(=O)[nH]c2=O)c1. The number of hydrogen-bond donors (Lipinski definition) is 2. The number of rotatable bonds is 6. The summed E-state index contributed by atoms with van der Waals surface area (Å²) < 4.78 is 1.56. The molecule has 5 nitrogen and oxygen atoms in total. The summed E-state index contributed by atoms with van der Waals surface area (Å²) in [5.74, 6) is 1.06. The Kier molecular flexibility index (Phi) is 6.38. The van der Waals surface area contributed by atoms with Gasteiger partial charge < -0.3 is 5.32 Å². The summed E-state index contributed by atoms with van der Waals surface area (Å²) in [5.41, 5.74) is 2.85. The van der Waals surface area contributed by atoms with E-state index in [1.165, 1.54) is 41.4 Å². The largest absolute Gasteiger partial charge is 0.328 e. The second-order valence-electron chi connectivity index (χ2n) is 7.09. The second-order valence-corrected chi connectivity index (χ2v) is 8.20. The molecule has 0 aliphatic carbocycles. The van der Waals surface area contributed by atoms with E-state index in [4.69, 9.17) is 0 Å². The summed E-state index contributed by atoms with van der Waals surface area (Å²) in [7, 11) is 0. The first kappa shape index (κ1) is 19.0. The Labute approximate surface area is 158 Å². The van der Waals surface area contributed by atoms with E-state index in [0.29, 0.717) is 12.6 Å². The molecule has 2 N–H and O–H groups in total. The van der Waals surface area contributed by atoms with Crippen molar-refractivity contribution in [2.24, 2.45) is 0 Å². The van der Waals surface area contributed by atoms with Crippen molar-refractivity contribution < 1.29 is 0 Å². The number of aromatic amines is 1. The summed E-state index contributed by atoms with van der Waals surface area (Å²) >= 11 is 1.88. The molecule has 3 rings (SSSR count). The first-order valence-electron chi connectivity index (χ1n) is 9.29. The minimum Gasteiger partial charge on any atom is -0.314 e. The number of nitrogens with one attached hydrogen (secondary N) is 2. The number of nitrogens with zero attached hydrogens (tertiary/aromatic N) is 1. The summed E-state index contributed by atoms with van der Waals surface area (Å²) in [5, 5.41) is 3.60. The number of aromatic nitrogens is 2. The molecule has 26 heavy (non-hydrogen) atoms. The van der Waals surface area contributed by atoms with Gasteiger partial charge in [0.15, 0.2) is 0 Å². The first-order valence-corrected chi connectivity index (χ1v) is 10.3. The second kappa shape index (κ2) is 8.73. The van der Waals surface area contributed by atoms with Crippen LogP contribution < -0.4 is 16.6 Å². The van der Waals surface area contributed by atoms with Gasteiger partial charge >= 0.3 is 5.69 Å². The highest BCUT2D eigenvalue weighted by molar-refractivity contribution is 7.99. The van der Waals surface area contributed by atoms with Gasteiger partial charge in [-0.25, -0.2) is 4.79 Å². The third-order valence-electron chi connectivity index (χ3n) is 4.86. The van der Waals surface area contributed by atoms with Gasteiger partial charge in [0.2, 0.25) is 0 Å². The maximum Gasteiger partial charge on any atom is 0.328 e. The molecule has 1 aromatic carbocycles. The monoisotopic (exact) mass is 373 g/mol. The van der Waals surface area contributed by atoms with Crippen LogP contribution in [0.15, 0.2) is 38.9 Å². The average Bonchev–Trinajstić information content (AvgIpc) is 2.60. The van der Waals surface area contributed by atoms with Crippen molar-refractivity contribution in [1.29, 1.82) is 0 Å². The molecule has 1 aliphatic heterocycles. The molecule has 1 atom stereocenters. The lowest BCUT2D eigenvalue weighted by Gasteiger charge is -2.23. The minimum absolute atomic E-state index is 0.360. The van der Waals surface area contributed by atoms with Crippen molar-refractivity contribution in [2.45, 2.75) is 57.0 Å². The maximum absolute atomic E-state index is 12.0. The van der Waals surface area contributed by atoms with E-state index in [0.717, 1.165) is 24.3 Å². The van der Waals surface area contributed by atoms with Crippen LogP contribution in [0.4, 0.5) is 0 Å². The van der Waals surface area contributed by atoms with Crippen LogP contribution in [0, 0.1) is 13.8 Å². The van der Waals surface area contributed by atoms with Crippen molar-refractivity contribution in [1.82, 2.24) is 14.9 Å². The third kappa shape index (κ3) is 4.89. The molecule has 1 unspecified atom stereocenters. The third-order valence-corrected chi connectivity index (χ3v) is 6.17. The van der Waals surface area contributed by atoms with E-state index in [-0.39, 0.29) is 11.2 Å². The quantitative estimate of drug-likeness (QED) is 0.764. The van der Waals surface area contributed by atoms with Crippen LogP contribution in [0.1, 0.15) is 42.4 Å². The highest BCUT2D eigenvalue weighted by atomic mass is 32.2. The topological polar surface area (TPSA) is 66.9 Å². The van der Waals surface area contributed by atoms with E-state index < -0.39 is 0 Å². The molecule has 1 fully saturated rings. The van der Waals surface area contributed by atoms with Crippen molar-refractivity contribution in [3.8, 4) is 0 Å². The Hall–Kier alpha value is -1.79. The predicted octanol–water partition coefficient (Wildman–Crippen LogP) is 2.83. The lowest BCUT2D eigenvalue weighted by molar-refractivity contribution is 0.395. The van der Waals surface area contributed by atoms with E-state index in [2.05, 4.69) is 36.3 Å². The molecule has 1 aliphatic rings. The number of hydrogen-bond acceptors (Lipinski definition) is 4. The number of aryl methyl sites for hydroxylation is 2. The van der Waals surface area contributed by atoms with Gasteiger partial charge in [-0.05, 0) is 56.5 Å². The molecular weight excluding hydrogens is 346 g/mol. The lowest BCUT2D eigenvalue weighted by Crippen LogP contribution is -2.34. The fourth-order valence-corrected chi connectivity index (χ4v) is 4.79. The smallest absolute Gasteiger partial charge is 0.314 e. The zero-order chi connectivity index (χ0) is 18.5. The number of benzene rings is 1. The summed E-state index contributed by atoms with van der Waals surface area (Å²) in [4.78, 5) is 26.9. The van der Waals surface area contributed by atoms with Crippen LogP contribution in [0.5, 0.6) is 0 Å². The average molecular weight is 374 g/mol. The number of piperidine rings is 1. The van der Waals surface area contributed by atoms with Crippen LogP contribution in [0.3, 0.4) is 0 Å². The highest BCUT2D eigenvalue weighted by Crippen LogP contribution is 2.30. The van der Waals surface area contributed by atoms with Crippen LogP contribution in [0.2, 0.25) is 0 Å². The Morgan fingerprint density at radius 2 is 2.08 bits per heavy atom. The Bertz CT molecular complexity index is 866. The van der Waals surface area contributed by atoms with Crippen LogP contribution >= 0.6 is 11.8 Å². The van der Waals surface area contributed by atoms with E-state index >= 15 is 0 Å². The van der Waals surface area contributed by atoms with Gasteiger partial charge in [-0.1, -0.05) is 24.1 Å². The van der Waals surface area contributed by atoms with Gasteiger partial charge in [-0.2, -0.15) is 0 Å². The molecule has 2 heterocycles. The Morgan fingerprint density at radius 3 is 2.81 bits per heavy atom. The molecule has 1 saturated heterocycles. The van der Waals surface area contributed by atoms with Gasteiger partial charge in [0.1, 0.15) is 0 Å². The zero-order valence-electron chi connectivity index (χ0n) is 15.5. The molecular formula is C20H27N3O2S. The summed E-state index contributed by atoms with van der Waals surface area (Å²) in [6, 6.07) is 6.37. The molecule has 6 heteroatoms. The molecule has 2 aromatic rings. The molecule has 1 aromatic heterocycles. The normalized spacial score (nSPS) is 17.4. The minimum atomic E-state index is -0.362. The van der Waals surface area contributed by atoms with Gasteiger partial charge in [-0.15, -0.1) is 11.8 Å². The van der Waals surface area contributed by atoms with Crippen LogP contribution in [0.25, 0.3) is 0 Å². The Balaban J connectivity index is 1.76. The fraction of sp³-hybridized carbons (Fsp3) is 0.500. The van der Waals surface area contributed by atoms with E-state index in [1.807, 2.05) is 11.8 Å². The zero-order valence-corrected chi connectivity index (χ0v) is 16.3. The van der Waals surface area contributed by atoms with Crippen molar-refractivity contribution >= 4 is 11.8 Å². The molecule has 0 saturated carbocycles.